The molecule has 4 rings (SSSR count). The molecule has 3 aromatic rings. The first-order valence-electron chi connectivity index (χ1n) is 12.6. The average molecular weight is 511 g/mol. The zero-order valence-electron chi connectivity index (χ0n) is 20.8. The molecule has 1 aliphatic rings. The van der Waals surface area contributed by atoms with Crippen molar-refractivity contribution in [1.82, 2.24) is 9.13 Å². The molecule has 190 valence electrons. The number of nitrogens with one attached hydrogen (secondary N) is 1. The number of aliphatic hydroxyl groups excluding tert-OH is 1. The molecule has 2 N–H and O–H groups in total. The minimum absolute atomic E-state index is 0.0470. The summed E-state index contributed by atoms with van der Waals surface area (Å²) in [6, 6.07) is 15.7. The van der Waals surface area contributed by atoms with Crippen LogP contribution in [0.3, 0.4) is 0 Å². The maximum atomic E-state index is 13.4. The molecule has 0 bridgehead atoms. The van der Waals surface area contributed by atoms with E-state index in [2.05, 4.69) is 11.9 Å². The second-order valence-corrected chi connectivity index (χ2v) is 9.44. The van der Waals surface area contributed by atoms with Crippen molar-refractivity contribution in [2.75, 3.05) is 6.61 Å². The van der Waals surface area contributed by atoms with Crippen molar-refractivity contribution in [3.8, 4) is 5.75 Å². The Morgan fingerprint density at radius 1 is 1.08 bits per heavy atom. The number of ether oxygens (including phenoxy) is 1. The van der Waals surface area contributed by atoms with Gasteiger partial charge in [0, 0.05) is 18.2 Å². The molecule has 0 radical (unpaired) electrons. The standard InChI is InChI=1S/C28H32ClN3O4/c1-3-20-8-5-6-9-24(20)36-26-21(18-19-10-13-22(29)14-11-19)12-15-23-25(30-26)31(4-2)28(35)32(27(23)34)16-7-17-33/h5-6,8-11,13-14,21,33H,3-4,7,12,15-18H2,1-2H3/p+1. The first kappa shape index (κ1) is 25.9. The van der Waals surface area contributed by atoms with Gasteiger partial charge in [0.15, 0.2) is 0 Å². The van der Waals surface area contributed by atoms with E-state index in [9.17, 15) is 14.7 Å². The predicted octanol–water partition coefficient (Wildman–Crippen LogP) is 2.62. The fourth-order valence-electron chi connectivity index (χ4n) is 4.73. The van der Waals surface area contributed by atoms with Crippen molar-refractivity contribution in [3.63, 3.8) is 0 Å². The van der Waals surface area contributed by atoms with Gasteiger partial charge in [0.1, 0.15) is 11.3 Å². The van der Waals surface area contributed by atoms with E-state index in [-0.39, 0.29) is 30.3 Å². The van der Waals surface area contributed by atoms with Crippen LogP contribution >= 0.6 is 11.6 Å². The maximum absolute atomic E-state index is 13.4. The van der Waals surface area contributed by atoms with E-state index >= 15 is 0 Å². The van der Waals surface area contributed by atoms with E-state index in [1.165, 1.54) is 4.57 Å². The van der Waals surface area contributed by atoms with Gasteiger partial charge in [0.2, 0.25) is 0 Å². The zero-order valence-corrected chi connectivity index (χ0v) is 21.6. The monoisotopic (exact) mass is 510 g/mol. The summed E-state index contributed by atoms with van der Waals surface area (Å²) in [5, 5.41) is 9.94. The highest BCUT2D eigenvalue weighted by atomic mass is 35.5. The lowest BCUT2D eigenvalue weighted by Crippen LogP contribution is -2.72. The number of benzene rings is 2. The Labute approximate surface area is 215 Å². The molecule has 1 atom stereocenters. The van der Waals surface area contributed by atoms with Crippen molar-refractivity contribution in [1.29, 1.82) is 0 Å². The summed E-state index contributed by atoms with van der Waals surface area (Å²) in [4.78, 5) is 30.0. The number of aliphatic hydroxyl groups is 1. The van der Waals surface area contributed by atoms with Crippen LogP contribution in [-0.2, 0) is 32.4 Å². The third-order valence-electron chi connectivity index (χ3n) is 6.70. The van der Waals surface area contributed by atoms with Gasteiger partial charge in [-0.1, -0.05) is 48.9 Å². The quantitative estimate of drug-likeness (QED) is 0.487. The Bertz CT molecular complexity index is 1360. The van der Waals surface area contributed by atoms with Crippen LogP contribution in [0.1, 0.15) is 43.4 Å². The summed E-state index contributed by atoms with van der Waals surface area (Å²) >= 11 is 6.10. The van der Waals surface area contributed by atoms with Crippen LogP contribution in [0.2, 0.25) is 5.02 Å². The molecule has 0 fully saturated rings. The summed E-state index contributed by atoms with van der Waals surface area (Å²) in [6.45, 7) is 4.46. The van der Waals surface area contributed by atoms with Gasteiger partial charge < -0.3 is 9.84 Å². The average Bonchev–Trinajstić information content (AvgIpc) is 3.05. The number of aromatic nitrogens is 2. The minimum atomic E-state index is -0.383. The summed E-state index contributed by atoms with van der Waals surface area (Å²) in [5.41, 5.74) is 2.06. The molecular formula is C28H33ClN3O4+. The first-order valence-corrected chi connectivity index (χ1v) is 13.0. The molecular weight excluding hydrogens is 478 g/mol. The van der Waals surface area contributed by atoms with Gasteiger partial charge in [0.25, 0.3) is 17.3 Å². The van der Waals surface area contributed by atoms with Gasteiger partial charge in [-0.05, 0) is 68.4 Å². The molecule has 0 saturated heterocycles. The van der Waals surface area contributed by atoms with Crippen LogP contribution in [0.25, 0.3) is 0 Å². The first-order chi connectivity index (χ1) is 17.5. The maximum Gasteiger partial charge on any atom is 0.418 e. The molecule has 1 aliphatic heterocycles. The van der Waals surface area contributed by atoms with E-state index < -0.39 is 0 Å². The Hall–Kier alpha value is -3.16. The van der Waals surface area contributed by atoms with E-state index in [0.29, 0.717) is 54.5 Å². The lowest BCUT2D eigenvalue weighted by atomic mass is 9.93. The molecule has 2 heterocycles. The molecule has 0 saturated carbocycles. The van der Waals surface area contributed by atoms with E-state index in [1.54, 1.807) is 4.57 Å². The lowest BCUT2D eigenvalue weighted by molar-refractivity contribution is -0.376. The van der Waals surface area contributed by atoms with Crippen LogP contribution in [0.5, 0.6) is 5.75 Å². The van der Waals surface area contributed by atoms with Crippen molar-refractivity contribution in [2.24, 2.45) is 5.92 Å². The van der Waals surface area contributed by atoms with Gasteiger partial charge in [-0.3, -0.25) is 4.79 Å². The number of halogens is 1. The van der Waals surface area contributed by atoms with Crippen LogP contribution in [0.15, 0.2) is 58.1 Å². The highest BCUT2D eigenvalue weighted by Gasteiger charge is 2.32. The van der Waals surface area contributed by atoms with Gasteiger partial charge in [0.05, 0.1) is 12.5 Å². The zero-order chi connectivity index (χ0) is 25.7. The normalized spacial score (nSPS) is 15.2. The molecule has 1 unspecified atom stereocenters. The third-order valence-corrected chi connectivity index (χ3v) is 6.95. The van der Waals surface area contributed by atoms with Crippen molar-refractivity contribution >= 4 is 23.3 Å². The van der Waals surface area contributed by atoms with Gasteiger partial charge in [-0.15, -0.1) is 0 Å². The van der Waals surface area contributed by atoms with Gasteiger partial charge >= 0.3 is 5.69 Å². The number of aryl methyl sites for hydroxylation is 1. The van der Waals surface area contributed by atoms with Crippen LogP contribution in [0.4, 0.5) is 5.82 Å². The number of hydrogen-bond acceptors (Lipinski definition) is 4. The second kappa shape index (κ2) is 11.7. The van der Waals surface area contributed by atoms with Crippen LogP contribution < -0.4 is 21.0 Å². The minimum Gasteiger partial charge on any atom is -0.426 e. The van der Waals surface area contributed by atoms with Crippen LogP contribution in [0, 0.1) is 5.92 Å². The summed E-state index contributed by atoms with van der Waals surface area (Å²) in [7, 11) is 0. The highest BCUT2D eigenvalue weighted by Crippen LogP contribution is 2.24. The number of hydrogen-bond donors (Lipinski definition) is 2. The van der Waals surface area contributed by atoms with Crippen molar-refractivity contribution in [2.45, 2.75) is 59.0 Å². The lowest BCUT2D eigenvalue weighted by Gasteiger charge is -2.17. The smallest absolute Gasteiger partial charge is 0.418 e. The molecule has 7 nitrogen and oxygen atoms in total. The Morgan fingerprint density at radius 2 is 1.83 bits per heavy atom. The molecule has 8 heteroatoms. The van der Waals surface area contributed by atoms with Crippen molar-refractivity contribution in [3.05, 3.63) is 91.1 Å². The second-order valence-electron chi connectivity index (χ2n) is 9.01. The number of para-hydroxylation sites is 1. The third kappa shape index (κ3) is 5.47. The van der Waals surface area contributed by atoms with Gasteiger partial charge in [-0.25, -0.2) is 14.4 Å². The Balaban J connectivity index is 1.84. The topological polar surface area (TPSA) is 87.4 Å². The molecule has 36 heavy (non-hydrogen) atoms. The van der Waals surface area contributed by atoms with Crippen LogP contribution in [-0.4, -0.2) is 26.7 Å². The van der Waals surface area contributed by atoms with E-state index in [1.807, 2.05) is 55.5 Å². The Morgan fingerprint density at radius 3 is 2.53 bits per heavy atom. The van der Waals surface area contributed by atoms with Gasteiger partial charge in [-0.2, -0.15) is 4.57 Å². The molecule has 0 aliphatic carbocycles. The van der Waals surface area contributed by atoms with E-state index in [0.717, 1.165) is 23.3 Å². The number of rotatable bonds is 8. The fraction of sp³-hybridized carbons (Fsp3) is 0.393. The molecule has 1 aromatic heterocycles. The largest absolute Gasteiger partial charge is 0.426 e. The predicted molar refractivity (Wildman–Crippen MR) is 141 cm³/mol. The number of nitrogens with zero attached hydrogens (tertiary/aromatic N) is 2. The fourth-order valence-corrected chi connectivity index (χ4v) is 4.86. The summed E-state index contributed by atoms with van der Waals surface area (Å²) in [6.07, 6.45) is 3.02. The van der Waals surface area contributed by atoms with Crippen molar-refractivity contribution < 1.29 is 14.8 Å². The SMILES string of the molecule is CCc1ccccc1OC1=[NH+]c2c(c(=O)n(CCCO)c(=O)n2CC)CCC1Cc1ccc(Cl)cc1. The number of fused-ring (bicyclic) bond motifs is 1. The highest BCUT2D eigenvalue weighted by molar-refractivity contribution is 6.30. The van der Waals surface area contributed by atoms with E-state index in [4.69, 9.17) is 16.3 Å². The molecule has 2 aromatic carbocycles. The summed E-state index contributed by atoms with van der Waals surface area (Å²) < 4.78 is 9.35. The molecule has 0 amide bonds. The molecule has 0 spiro atoms. The summed E-state index contributed by atoms with van der Waals surface area (Å²) in [5.74, 6) is 1.83. The Kier molecular flexibility index (Phi) is 8.44.